The molecule has 0 fully saturated rings. The number of hydrogen-bond donors (Lipinski definition) is 2. The first-order valence-corrected chi connectivity index (χ1v) is 6.69. The van der Waals surface area contributed by atoms with Crippen molar-refractivity contribution in [1.82, 2.24) is 15.6 Å². The molecule has 0 unspecified atom stereocenters. The highest BCUT2D eigenvalue weighted by molar-refractivity contribution is 9.10. The number of halogens is 1. The number of urea groups is 1. The van der Waals surface area contributed by atoms with Crippen molar-refractivity contribution in [2.75, 3.05) is 0 Å². The van der Waals surface area contributed by atoms with E-state index >= 15 is 0 Å². The number of benzene rings is 1. The van der Waals surface area contributed by atoms with Gasteiger partial charge in [-0.2, -0.15) is 0 Å². The van der Waals surface area contributed by atoms with Crippen molar-refractivity contribution in [2.45, 2.75) is 13.1 Å². The molecule has 0 saturated carbocycles. The van der Waals surface area contributed by atoms with Gasteiger partial charge in [0.05, 0.1) is 12.2 Å². The Morgan fingerprint density at radius 3 is 2.47 bits per heavy atom. The molecule has 2 aromatic rings. The second kappa shape index (κ2) is 6.89. The van der Waals surface area contributed by atoms with Crippen molar-refractivity contribution < 1.29 is 4.79 Å². The lowest BCUT2D eigenvalue weighted by Gasteiger charge is -2.07. The number of carbonyl (C=O) groups is 1. The molecule has 0 atom stereocenters. The molecule has 4 nitrogen and oxygen atoms in total. The zero-order chi connectivity index (χ0) is 13.5. The Morgan fingerprint density at radius 2 is 1.79 bits per heavy atom. The SMILES string of the molecule is O=C(NCc1ccc(Br)cc1)NCc1ccccn1. The second-order valence-electron chi connectivity index (χ2n) is 3.98. The Hall–Kier alpha value is -1.88. The van der Waals surface area contributed by atoms with Crippen LogP contribution in [0.3, 0.4) is 0 Å². The summed E-state index contributed by atoms with van der Waals surface area (Å²) in [7, 11) is 0. The summed E-state index contributed by atoms with van der Waals surface area (Å²) in [4.78, 5) is 15.7. The summed E-state index contributed by atoms with van der Waals surface area (Å²) in [6, 6.07) is 13.2. The van der Waals surface area contributed by atoms with Crippen molar-refractivity contribution >= 4 is 22.0 Å². The molecular weight excluding hydrogens is 306 g/mol. The van der Waals surface area contributed by atoms with Gasteiger partial charge in [-0.3, -0.25) is 4.98 Å². The molecule has 2 N–H and O–H groups in total. The van der Waals surface area contributed by atoms with Crippen LogP contribution in [0.4, 0.5) is 4.79 Å². The molecule has 0 aliphatic rings. The van der Waals surface area contributed by atoms with Crippen LogP contribution >= 0.6 is 15.9 Å². The molecule has 0 aliphatic carbocycles. The van der Waals surface area contributed by atoms with Crippen LogP contribution in [-0.2, 0) is 13.1 Å². The van der Waals surface area contributed by atoms with Gasteiger partial charge in [-0.1, -0.05) is 34.1 Å². The first-order valence-electron chi connectivity index (χ1n) is 5.90. The van der Waals surface area contributed by atoms with Crippen LogP contribution in [-0.4, -0.2) is 11.0 Å². The minimum atomic E-state index is -0.200. The maximum Gasteiger partial charge on any atom is 0.315 e. The molecule has 0 radical (unpaired) electrons. The van der Waals surface area contributed by atoms with Crippen LogP contribution < -0.4 is 10.6 Å². The van der Waals surface area contributed by atoms with E-state index in [-0.39, 0.29) is 6.03 Å². The molecule has 2 amide bonds. The lowest BCUT2D eigenvalue weighted by Crippen LogP contribution is -2.34. The molecule has 19 heavy (non-hydrogen) atoms. The van der Waals surface area contributed by atoms with Gasteiger partial charge in [0.15, 0.2) is 0 Å². The fourth-order valence-corrected chi connectivity index (χ4v) is 1.78. The molecule has 1 heterocycles. The van der Waals surface area contributed by atoms with Gasteiger partial charge in [0.1, 0.15) is 0 Å². The van der Waals surface area contributed by atoms with E-state index in [2.05, 4.69) is 31.5 Å². The van der Waals surface area contributed by atoms with Crippen LogP contribution in [0, 0.1) is 0 Å². The van der Waals surface area contributed by atoms with E-state index in [1.54, 1.807) is 6.20 Å². The number of amides is 2. The predicted molar refractivity (Wildman–Crippen MR) is 77.5 cm³/mol. The van der Waals surface area contributed by atoms with Gasteiger partial charge in [0, 0.05) is 17.2 Å². The van der Waals surface area contributed by atoms with Crippen LogP contribution in [0.2, 0.25) is 0 Å². The largest absolute Gasteiger partial charge is 0.334 e. The highest BCUT2D eigenvalue weighted by Gasteiger charge is 2.01. The Balaban J connectivity index is 1.74. The average molecular weight is 320 g/mol. The highest BCUT2D eigenvalue weighted by atomic mass is 79.9. The van der Waals surface area contributed by atoms with E-state index in [1.807, 2.05) is 42.5 Å². The summed E-state index contributed by atoms with van der Waals surface area (Å²) >= 11 is 3.37. The molecule has 1 aromatic heterocycles. The van der Waals surface area contributed by atoms with Crippen LogP contribution in [0.15, 0.2) is 53.1 Å². The zero-order valence-electron chi connectivity index (χ0n) is 10.3. The number of nitrogens with one attached hydrogen (secondary N) is 2. The number of aromatic nitrogens is 1. The van der Waals surface area contributed by atoms with Crippen molar-refractivity contribution in [2.24, 2.45) is 0 Å². The van der Waals surface area contributed by atoms with Crippen LogP contribution in [0.25, 0.3) is 0 Å². The minimum Gasteiger partial charge on any atom is -0.334 e. The molecule has 0 aliphatic heterocycles. The maximum absolute atomic E-state index is 11.6. The predicted octanol–water partition coefficient (Wildman–Crippen LogP) is 2.84. The molecular formula is C14H14BrN3O. The molecule has 1 aromatic carbocycles. The van der Waals surface area contributed by atoms with E-state index in [1.165, 1.54) is 0 Å². The first-order chi connectivity index (χ1) is 9.24. The van der Waals surface area contributed by atoms with Crippen molar-refractivity contribution in [1.29, 1.82) is 0 Å². The van der Waals surface area contributed by atoms with Crippen LogP contribution in [0.1, 0.15) is 11.3 Å². The second-order valence-corrected chi connectivity index (χ2v) is 4.90. The number of nitrogens with zero attached hydrogens (tertiary/aromatic N) is 1. The Bertz CT molecular complexity index is 528. The third kappa shape index (κ3) is 4.71. The molecule has 98 valence electrons. The van der Waals surface area contributed by atoms with Crippen molar-refractivity contribution in [3.63, 3.8) is 0 Å². The lowest BCUT2D eigenvalue weighted by molar-refractivity contribution is 0.240. The number of carbonyl (C=O) groups excluding carboxylic acids is 1. The third-order valence-corrected chi connectivity index (χ3v) is 3.05. The topological polar surface area (TPSA) is 54.0 Å². The summed E-state index contributed by atoms with van der Waals surface area (Å²) in [6.45, 7) is 0.925. The first kappa shape index (κ1) is 13.5. The monoisotopic (exact) mass is 319 g/mol. The van der Waals surface area contributed by atoms with Gasteiger partial charge in [-0.25, -0.2) is 4.79 Å². The van der Waals surface area contributed by atoms with Crippen molar-refractivity contribution in [3.05, 3.63) is 64.4 Å². The maximum atomic E-state index is 11.6. The zero-order valence-corrected chi connectivity index (χ0v) is 11.9. The minimum absolute atomic E-state index is 0.200. The Kier molecular flexibility index (Phi) is 4.92. The average Bonchev–Trinajstić information content (AvgIpc) is 2.45. The van der Waals surface area contributed by atoms with E-state index in [0.717, 1.165) is 15.7 Å². The standard InChI is InChI=1S/C14H14BrN3O/c15-12-6-4-11(5-7-12)9-17-14(19)18-10-13-3-1-2-8-16-13/h1-8H,9-10H2,(H2,17,18,19). The normalized spacial score (nSPS) is 9.95. The smallest absolute Gasteiger partial charge is 0.315 e. The van der Waals surface area contributed by atoms with Gasteiger partial charge in [0.25, 0.3) is 0 Å². The van der Waals surface area contributed by atoms with E-state index in [0.29, 0.717) is 13.1 Å². The van der Waals surface area contributed by atoms with E-state index < -0.39 is 0 Å². The third-order valence-electron chi connectivity index (χ3n) is 2.52. The van der Waals surface area contributed by atoms with Crippen LogP contribution in [0.5, 0.6) is 0 Å². The summed E-state index contributed by atoms with van der Waals surface area (Å²) in [6.07, 6.45) is 1.71. The fraction of sp³-hybridized carbons (Fsp3) is 0.143. The molecule has 0 saturated heterocycles. The summed E-state index contributed by atoms with van der Waals surface area (Å²) < 4.78 is 1.02. The van der Waals surface area contributed by atoms with Gasteiger partial charge < -0.3 is 10.6 Å². The molecule has 2 rings (SSSR count). The molecule has 0 bridgehead atoms. The number of pyridine rings is 1. The fourth-order valence-electron chi connectivity index (χ4n) is 1.52. The molecule has 5 heteroatoms. The van der Waals surface area contributed by atoms with E-state index in [4.69, 9.17) is 0 Å². The molecule has 0 spiro atoms. The number of rotatable bonds is 4. The van der Waals surface area contributed by atoms with Crippen molar-refractivity contribution in [3.8, 4) is 0 Å². The van der Waals surface area contributed by atoms with Gasteiger partial charge in [-0.15, -0.1) is 0 Å². The summed E-state index contributed by atoms with van der Waals surface area (Å²) in [5.41, 5.74) is 1.89. The number of hydrogen-bond acceptors (Lipinski definition) is 2. The quantitative estimate of drug-likeness (QED) is 0.910. The highest BCUT2D eigenvalue weighted by Crippen LogP contribution is 2.10. The van der Waals surface area contributed by atoms with Gasteiger partial charge >= 0.3 is 6.03 Å². The van der Waals surface area contributed by atoms with Gasteiger partial charge in [0.2, 0.25) is 0 Å². The summed E-state index contributed by atoms with van der Waals surface area (Å²) in [5.74, 6) is 0. The lowest BCUT2D eigenvalue weighted by atomic mass is 10.2. The Labute approximate surface area is 120 Å². The Morgan fingerprint density at radius 1 is 1.05 bits per heavy atom. The van der Waals surface area contributed by atoms with E-state index in [9.17, 15) is 4.79 Å². The van der Waals surface area contributed by atoms with Gasteiger partial charge in [-0.05, 0) is 29.8 Å². The summed E-state index contributed by atoms with van der Waals surface area (Å²) in [5, 5.41) is 5.55.